The van der Waals surface area contributed by atoms with E-state index in [1.165, 1.54) is 19.9 Å². The molecule has 0 spiro atoms. The number of carbonyl (C=O) groups excluding carboxylic acids is 2. The van der Waals surface area contributed by atoms with Gasteiger partial charge < -0.3 is 15.7 Å². The minimum Gasteiger partial charge on any atom is -0.481 e. The van der Waals surface area contributed by atoms with Crippen molar-refractivity contribution in [3.05, 3.63) is 33.8 Å². The Kier molecular flexibility index (Phi) is 6.64. The number of hydrogen-bond acceptors (Lipinski definition) is 3. The number of carboxylic acid groups (broad SMARTS) is 1. The van der Waals surface area contributed by atoms with E-state index in [4.69, 9.17) is 28.3 Å². The van der Waals surface area contributed by atoms with Crippen LogP contribution in [0.2, 0.25) is 10.0 Å². The highest BCUT2D eigenvalue weighted by Gasteiger charge is 2.20. The summed E-state index contributed by atoms with van der Waals surface area (Å²) in [5, 5.41) is 14.0. The van der Waals surface area contributed by atoms with Gasteiger partial charge >= 0.3 is 5.97 Å². The molecule has 2 amide bonds. The van der Waals surface area contributed by atoms with Gasteiger partial charge in [-0.25, -0.2) is 0 Å². The first kappa shape index (κ1) is 18.3. The van der Waals surface area contributed by atoms with E-state index in [1.807, 2.05) is 0 Å². The lowest BCUT2D eigenvalue weighted by Gasteiger charge is -2.16. The maximum Gasteiger partial charge on any atom is 0.308 e. The second-order valence-corrected chi connectivity index (χ2v) is 5.57. The molecule has 2 atom stereocenters. The second kappa shape index (κ2) is 8.00. The topological polar surface area (TPSA) is 95.5 Å². The molecule has 1 rings (SSSR count). The van der Waals surface area contributed by atoms with Crippen molar-refractivity contribution in [3.8, 4) is 0 Å². The Hall–Kier alpha value is -1.79. The van der Waals surface area contributed by atoms with Crippen LogP contribution in [0.4, 0.5) is 0 Å². The van der Waals surface area contributed by atoms with Crippen molar-refractivity contribution in [1.29, 1.82) is 0 Å². The van der Waals surface area contributed by atoms with Gasteiger partial charge in [0.2, 0.25) is 5.91 Å². The lowest BCUT2D eigenvalue weighted by atomic mass is 10.1. The Morgan fingerprint density at radius 1 is 1.23 bits per heavy atom. The zero-order valence-electron chi connectivity index (χ0n) is 12.0. The van der Waals surface area contributed by atoms with Crippen LogP contribution in [0.5, 0.6) is 0 Å². The summed E-state index contributed by atoms with van der Waals surface area (Å²) >= 11 is 11.8. The lowest BCUT2D eigenvalue weighted by Crippen LogP contribution is -2.46. The van der Waals surface area contributed by atoms with Crippen molar-refractivity contribution < 1.29 is 19.5 Å². The number of aliphatic carboxylic acids is 1. The van der Waals surface area contributed by atoms with Crippen LogP contribution in [0.1, 0.15) is 24.2 Å². The number of amides is 2. The fourth-order valence-electron chi connectivity index (χ4n) is 1.51. The Balaban J connectivity index is 2.62. The van der Waals surface area contributed by atoms with Gasteiger partial charge in [-0.05, 0) is 19.1 Å². The van der Waals surface area contributed by atoms with E-state index in [-0.39, 0.29) is 22.2 Å². The molecule has 0 fully saturated rings. The Bertz CT molecular complexity index is 592. The average Bonchev–Trinajstić information content (AvgIpc) is 2.46. The SMILES string of the molecule is CC(CNC(=O)C(C)NC(=O)c1cccc(Cl)c1Cl)C(=O)O. The molecule has 8 heteroatoms. The highest BCUT2D eigenvalue weighted by atomic mass is 35.5. The molecule has 0 saturated carbocycles. The molecule has 6 nitrogen and oxygen atoms in total. The normalized spacial score (nSPS) is 13.1. The third kappa shape index (κ3) is 4.89. The first-order valence-electron chi connectivity index (χ1n) is 6.49. The van der Waals surface area contributed by atoms with Gasteiger partial charge in [-0.15, -0.1) is 0 Å². The van der Waals surface area contributed by atoms with E-state index in [2.05, 4.69) is 10.6 Å². The van der Waals surface area contributed by atoms with E-state index < -0.39 is 29.7 Å². The lowest BCUT2D eigenvalue weighted by molar-refractivity contribution is -0.141. The van der Waals surface area contributed by atoms with Gasteiger partial charge in [-0.2, -0.15) is 0 Å². The minimum atomic E-state index is -1.01. The highest BCUT2D eigenvalue weighted by Crippen LogP contribution is 2.25. The molecule has 22 heavy (non-hydrogen) atoms. The molecular formula is C14H16Cl2N2O4. The van der Waals surface area contributed by atoms with Gasteiger partial charge in [0.15, 0.2) is 0 Å². The van der Waals surface area contributed by atoms with Crippen molar-refractivity contribution >= 4 is 41.0 Å². The van der Waals surface area contributed by atoms with E-state index in [0.717, 1.165) is 0 Å². The van der Waals surface area contributed by atoms with Crippen LogP contribution in [-0.2, 0) is 9.59 Å². The summed E-state index contributed by atoms with van der Waals surface area (Å²) in [7, 11) is 0. The zero-order valence-corrected chi connectivity index (χ0v) is 13.5. The summed E-state index contributed by atoms with van der Waals surface area (Å²) < 4.78 is 0. The predicted molar refractivity (Wildman–Crippen MR) is 83.2 cm³/mol. The first-order chi connectivity index (χ1) is 10.2. The summed E-state index contributed by atoms with van der Waals surface area (Å²) in [6, 6.07) is 3.76. The number of carbonyl (C=O) groups is 3. The molecule has 120 valence electrons. The fraction of sp³-hybridized carbons (Fsp3) is 0.357. The van der Waals surface area contributed by atoms with E-state index in [0.29, 0.717) is 0 Å². The summed E-state index contributed by atoms with van der Waals surface area (Å²) in [5.74, 6) is -2.75. The van der Waals surface area contributed by atoms with Gasteiger partial charge in [0.1, 0.15) is 6.04 Å². The number of benzene rings is 1. The predicted octanol–water partition coefficient (Wildman–Crippen LogP) is 1.95. The van der Waals surface area contributed by atoms with Gasteiger partial charge in [-0.1, -0.05) is 36.2 Å². The van der Waals surface area contributed by atoms with E-state index >= 15 is 0 Å². The molecule has 0 aliphatic rings. The van der Waals surface area contributed by atoms with Crippen LogP contribution >= 0.6 is 23.2 Å². The summed E-state index contributed by atoms with van der Waals surface area (Å²) in [4.78, 5) is 34.5. The molecule has 0 radical (unpaired) electrons. The molecule has 0 aliphatic carbocycles. The maximum absolute atomic E-state index is 12.1. The first-order valence-corrected chi connectivity index (χ1v) is 7.25. The summed E-state index contributed by atoms with van der Waals surface area (Å²) in [5.41, 5.74) is 0.160. The van der Waals surface area contributed by atoms with Crippen LogP contribution in [0.15, 0.2) is 18.2 Å². The summed E-state index contributed by atoms with van der Waals surface area (Å²) in [6.07, 6.45) is 0. The Morgan fingerprint density at radius 3 is 2.45 bits per heavy atom. The highest BCUT2D eigenvalue weighted by molar-refractivity contribution is 6.43. The largest absolute Gasteiger partial charge is 0.481 e. The number of rotatable bonds is 6. The van der Waals surface area contributed by atoms with Crippen LogP contribution in [0.25, 0.3) is 0 Å². The maximum atomic E-state index is 12.1. The molecule has 2 unspecified atom stereocenters. The van der Waals surface area contributed by atoms with Crippen LogP contribution in [0.3, 0.4) is 0 Å². The Morgan fingerprint density at radius 2 is 1.86 bits per heavy atom. The molecule has 0 saturated heterocycles. The molecule has 1 aromatic carbocycles. The second-order valence-electron chi connectivity index (χ2n) is 4.78. The van der Waals surface area contributed by atoms with Crippen molar-refractivity contribution in [3.63, 3.8) is 0 Å². The molecule has 3 N–H and O–H groups in total. The van der Waals surface area contributed by atoms with Crippen LogP contribution in [-0.4, -0.2) is 35.5 Å². The van der Waals surface area contributed by atoms with Crippen LogP contribution in [0, 0.1) is 5.92 Å². The molecule has 0 aliphatic heterocycles. The van der Waals surface area contributed by atoms with Crippen molar-refractivity contribution in [2.24, 2.45) is 5.92 Å². The standard InChI is InChI=1S/C14H16Cl2N2O4/c1-7(14(21)22)6-17-12(19)8(2)18-13(20)9-4-3-5-10(15)11(9)16/h3-5,7-8H,6H2,1-2H3,(H,17,19)(H,18,20)(H,21,22). The third-order valence-corrected chi connectivity index (χ3v) is 3.76. The monoisotopic (exact) mass is 346 g/mol. The van der Waals surface area contributed by atoms with Crippen LogP contribution < -0.4 is 10.6 Å². The third-order valence-electron chi connectivity index (χ3n) is 2.94. The quantitative estimate of drug-likeness (QED) is 0.733. The van der Waals surface area contributed by atoms with E-state index in [9.17, 15) is 14.4 Å². The molecule has 1 aromatic rings. The minimum absolute atomic E-state index is 0.0215. The smallest absolute Gasteiger partial charge is 0.308 e. The Labute approximate surface area is 137 Å². The van der Waals surface area contributed by atoms with Gasteiger partial charge in [0.25, 0.3) is 5.91 Å². The average molecular weight is 347 g/mol. The summed E-state index contributed by atoms with van der Waals surface area (Å²) in [6.45, 7) is 2.93. The number of nitrogens with one attached hydrogen (secondary N) is 2. The number of halogens is 2. The number of carboxylic acids is 1. The zero-order chi connectivity index (χ0) is 16.9. The van der Waals surface area contributed by atoms with Gasteiger partial charge in [0, 0.05) is 6.54 Å². The molecule has 0 bridgehead atoms. The van der Waals surface area contributed by atoms with E-state index in [1.54, 1.807) is 12.1 Å². The fourth-order valence-corrected chi connectivity index (χ4v) is 1.90. The number of hydrogen-bond donors (Lipinski definition) is 3. The van der Waals surface area contributed by atoms with Gasteiger partial charge in [-0.3, -0.25) is 14.4 Å². The van der Waals surface area contributed by atoms with Crippen molar-refractivity contribution in [2.45, 2.75) is 19.9 Å². The van der Waals surface area contributed by atoms with Gasteiger partial charge in [0.05, 0.1) is 21.5 Å². The van der Waals surface area contributed by atoms with Crippen molar-refractivity contribution in [1.82, 2.24) is 10.6 Å². The van der Waals surface area contributed by atoms with Crippen molar-refractivity contribution in [2.75, 3.05) is 6.54 Å². The molecule has 0 aromatic heterocycles. The molecular weight excluding hydrogens is 331 g/mol. The molecule has 0 heterocycles.